The minimum atomic E-state index is 0. The number of nitrogens with two attached hydrogens (primary N) is 1. The first-order valence-corrected chi connectivity index (χ1v) is 5.90. The Kier molecular flexibility index (Phi) is 3.88. The van der Waals surface area contributed by atoms with E-state index in [1.165, 1.54) is 0 Å². The molecule has 0 bridgehead atoms. The van der Waals surface area contributed by atoms with E-state index in [1.54, 1.807) is 0 Å². The van der Waals surface area contributed by atoms with Gasteiger partial charge in [0.05, 0.1) is 5.52 Å². The van der Waals surface area contributed by atoms with Crippen LogP contribution in [-0.2, 0) is 0 Å². The Morgan fingerprint density at radius 2 is 1.74 bits per heavy atom. The highest BCUT2D eigenvalue weighted by Gasteiger charge is 2.06. The van der Waals surface area contributed by atoms with Gasteiger partial charge in [0.15, 0.2) is 5.82 Å². The molecule has 3 rings (SSSR count). The highest BCUT2D eigenvalue weighted by molar-refractivity contribution is 6.30. The SMILES string of the molecule is Cl.Nc1nc(-c2cccc(Cl)c2)nc2ccccc12. The van der Waals surface area contributed by atoms with Gasteiger partial charge >= 0.3 is 0 Å². The third-order valence-electron chi connectivity index (χ3n) is 2.72. The highest BCUT2D eigenvalue weighted by atomic mass is 35.5. The lowest BCUT2D eigenvalue weighted by molar-refractivity contribution is 1.23. The summed E-state index contributed by atoms with van der Waals surface area (Å²) in [6.07, 6.45) is 0. The molecule has 0 amide bonds. The zero-order valence-electron chi connectivity index (χ0n) is 9.88. The molecule has 0 aliphatic heterocycles. The summed E-state index contributed by atoms with van der Waals surface area (Å²) in [4.78, 5) is 8.82. The third kappa shape index (κ3) is 2.62. The van der Waals surface area contributed by atoms with Gasteiger partial charge in [-0.05, 0) is 24.3 Å². The van der Waals surface area contributed by atoms with E-state index in [4.69, 9.17) is 17.3 Å². The molecular weight excluding hydrogens is 281 g/mol. The van der Waals surface area contributed by atoms with Gasteiger partial charge in [0.1, 0.15) is 5.82 Å². The van der Waals surface area contributed by atoms with Gasteiger partial charge in [0.25, 0.3) is 0 Å². The summed E-state index contributed by atoms with van der Waals surface area (Å²) in [6.45, 7) is 0. The molecule has 0 radical (unpaired) electrons. The Bertz CT molecular complexity index is 729. The van der Waals surface area contributed by atoms with Crippen LogP contribution in [0.2, 0.25) is 5.02 Å². The van der Waals surface area contributed by atoms with Crippen molar-refractivity contribution in [2.75, 3.05) is 5.73 Å². The average Bonchev–Trinajstić information content (AvgIpc) is 2.39. The predicted octanol–water partition coefficient (Wildman–Crippen LogP) is 3.95. The molecule has 1 heterocycles. The first-order chi connectivity index (χ1) is 8.74. The lowest BCUT2D eigenvalue weighted by Gasteiger charge is -2.05. The van der Waals surface area contributed by atoms with Gasteiger partial charge < -0.3 is 5.73 Å². The van der Waals surface area contributed by atoms with Crippen LogP contribution >= 0.6 is 24.0 Å². The van der Waals surface area contributed by atoms with Crippen LogP contribution in [0.4, 0.5) is 5.82 Å². The second kappa shape index (κ2) is 5.43. The van der Waals surface area contributed by atoms with E-state index in [0.717, 1.165) is 16.5 Å². The molecule has 96 valence electrons. The normalized spacial score (nSPS) is 10.2. The lowest BCUT2D eigenvalue weighted by Crippen LogP contribution is -1.97. The van der Waals surface area contributed by atoms with E-state index < -0.39 is 0 Å². The molecule has 2 N–H and O–H groups in total. The smallest absolute Gasteiger partial charge is 0.162 e. The maximum atomic E-state index is 5.97. The second-order valence-corrected chi connectivity index (χ2v) is 4.40. The summed E-state index contributed by atoms with van der Waals surface area (Å²) < 4.78 is 0. The Hall–Kier alpha value is -1.84. The number of nitrogen functional groups attached to an aromatic ring is 1. The molecule has 0 atom stereocenters. The van der Waals surface area contributed by atoms with Crippen molar-refractivity contribution in [3.8, 4) is 11.4 Å². The number of benzene rings is 2. The molecule has 3 aromatic rings. The topological polar surface area (TPSA) is 51.8 Å². The highest BCUT2D eigenvalue weighted by Crippen LogP contribution is 2.24. The number of halogens is 2. The zero-order valence-corrected chi connectivity index (χ0v) is 11.4. The summed E-state index contributed by atoms with van der Waals surface area (Å²) >= 11 is 5.97. The summed E-state index contributed by atoms with van der Waals surface area (Å²) in [6, 6.07) is 15.1. The Balaban J connectivity index is 0.00000133. The van der Waals surface area contributed by atoms with Gasteiger partial charge in [0, 0.05) is 16.0 Å². The molecule has 0 saturated carbocycles. The number of nitrogens with zero attached hydrogens (tertiary/aromatic N) is 2. The van der Waals surface area contributed by atoms with Gasteiger partial charge in [-0.2, -0.15) is 0 Å². The third-order valence-corrected chi connectivity index (χ3v) is 2.95. The fourth-order valence-corrected chi connectivity index (χ4v) is 2.05. The van der Waals surface area contributed by atoms with Crippen molar-refractivity contribution in [1.82, 2.24) is 9.97 Å². The Morgan fingerprint density at radius 1 is 0.947 bits per heavy atom. The number of rotatable bonds is 1. The summed E-state index contributed by atoms with van der Waals surface area (Å²) in [7, 11) is 0. The van der Waals surface area contributed by atoms with Crippen molar-refractivity contribution in [3.05, 3.63) is 53.6 Å². The molecule has 0 saturated heterocycles. The van der Waals surface area contributed by atoms with Gasteiger partial charge in [-0.25, -0.2) is 9.97 Å². The number of aromatic nitrogens is 2. The van der Waals surface area contributed by atoms with Crippen molar-refractivity contribution in [3.63, 3.8) is 0 Å². The van der Waals surface area contributed by atoms with Crippen LogP contribution < -0.4 is 5.73 Å². The van der Waals surface area contributed by atoms with Crippen LogP contribution in [0.1, 0.15) is 0 Å². The van der Waals surface area contributed by atoms with Crippen LogP contribution in [-0.4, -0.2) is 9.97 Å². The van der Waals surface area contributed by atoms with Gasteiger partial charge in [-0.1, -0.05) is 35.9 Å². The van der Waals surface area contributed by atoms with Crippen molar-refractivity contribution in [2.45, 2.75) is 0 Å². The van der Waals surface area contributed by atoms with Crippen LogP contribution in [0.25, 0.3) is 22.3 Å². The van der Waals surface area contributed by atoms with Crippen molar-refractivity contribution < 1.29 is 0 Å². The summed E-state index contributed by atoms with van der Waals surface area (Å²) in [5.41, 5.74) is 7.64. The lowest BCUT2D eigenvalue weighted by atomic mass is 10.2. The van der Waals surface area contributed by atoms with Crippen LogP contribution in [0, 0.1) is 0 Å². The first kappa shape index (κ1) is 13.6. The maximum absolute atomic E-state index is 5.97. The fourth-order valence-electron chi connectivity index (χ4n) is 1.86. The predicted molar refractivity (Wildman–Crippen MR) is 81.6 cm³/mol. The van der Waals surface area contributed by atoms with E-state index in [0.29, 0.717) is 16.7 Å². The fraction of sp³-hybridized carbons (Fsp3) is 0. The summed E-state index contributed by atoms with van der Waals surface area (Å²) in [5, 5.41) is 1.52. The molecule has 0 aliphatic rings. The van der Waals surface area contributed by atoms with E-state index in [1.807, 2.05) is 48.5 Å². The van der Waals surface area contributed by atoms with E-state index >= 15 is 0 Å². The van der Waals surface area contributed by atoms with Gasteiger partial charge in [-0.15, -0.1) is 12.4 Å². The van der Waals surface area contributed by atoms with Crippen LogP contribution in [0.3, 0.4) is 0 Å². The monoisotopic (exact) mass is 291 g/mol. The molecule has 19 heavy (non-hydrogen) atoms. The Labute approximate surface area is 121 Å². The zero-order chi connectivity index (χ0) is 12.5. The molecule has 3 nitrogen and oxygen atoms in total. The standard InChI is InChI=1S/C14H10ClN3.ClH/c15-10-5-3-4-9(8-10)14-17-12-7-2-1-6-11(12)13(16)18-14;/h1-8H,(H2,16,17,18);1H. The molecule has 5 heteroatoms. The summed E-state index contributed by atoms with van der Waals surface area (Å²) in [5.74, 6) is 1.07. The van der Waals surface area contributed by atoms with Crippen LogP contribution in [0.5, 0.6) is 0 Å². The number of anilines is 1. The van der Waals surface area contributed by atoms with E-state index in [2.05, 4.69) is 9.97 Å². The number of fused-ring (bicyclic) bond motifs is 1. The Morgan fingerprint density at radius 3 is 2.53 bits per heavy atom. The number of para-hydroxylation sites is 1. The minimum absolute atomic E-state index is 0. The molecule has 0 fully saturated rings. The molecule has 1 aromatic heterocycles. The maximum Gasteiger partial charge on any atom is 0.162 e. The molecule has 0 unspecified atom stereocenters. The van der Waals surface area contributed by atoms with Crippen molar-refractivity contribution in [1.29, 1.82) is 0 Å². The average molecular weight is 292 g/mol. The largest absolute Gasteiger partial charge is 0.383 e. The first-order valence-electron chi connectivity index (χ1n) is 5.52. The quantitative estimate of drug-likeness (QED) is 0.738. The van der Waals surface area contributed by atoms with Crippen LogP contribution in [0.15, 0.2) is 48.5 Å². The van der Waals surface area contributed by atoms with E-state index in [-0.39, 0.29) is 12.4 Å². The molecule has 0 spiro atoms. The molecular formula is C14H11Cl2N3. The van der Waals surface area contributed by atoms with Crippen molar-refractivity contribution in [2.24, 2.45) is 0 Å². The van der Waals surface area contributed by atoms with Gasteiger partial charge in [0.2, 0.25) is 0 Å². The number of hydrogen-bond donors (Lipinski definition) is 1. The van der Waals surface area contributed by atoms with E-state index in [9.17, 15) is 0 Å². The molecule has 2 aromatic carbocycles. The molecule has 0 aliphatic carbocycles. The van der Waals surface area contributed by atoms with Gasteiger partial charge in [-0.3, -0.25) is 0 Å². The number of hydrogen-bond acceptors (Lipinski definition) is 3. The minimum Gasteiger partial charge on any atom is -0.383 e. The van der Waals surface area contributed by atoms with Crippen molar-refractivity contribution >= 4 is 40.7 Å². The second-order valence-electron chi connectivity index (χ2n) is 3.96.